The molecule has 4 rings (SSSR count). The smallest absolute Gasteiger partial charge is 0.407 e. The van der Waals surface area contributed by atoms with Gasteiger partial charge >= 0.3 is 12.1 Å². The van der Waals surface area contributed by atoms with Gasteiger partial charge in [-0.2, -0.15) is 0 Å². The predicted molar refractivity (Wildman–Crippen MR) is 133 cm³/mol. The van der Waals surface area contributed by atoms with Crippen LogP contribution >= 0.6 is 0 Å². The molecule has 0 aliphatic heterocycles. The van der Waals surface area contributed by atoms with Crippen LogP contribution in [0.3, 0.4) is 0 Å². The van der Waals surface area contributed by atoms with Crippen molar-refractivity contribution in [3.63, 3.8) is 0 Å². The maximum Gasteiger partial charge on any atom is 0.407 e. The third kappa shape index (κ3) is 6.02. The number of fused-ring (bicyclic) bond motifs is 3. The molecule has 1 fully saturated rings. The van der Waals surface area contributed by atoms with E-state index >= 15 is 0 Å². The standard InChI is InChI=1S/C28H34N2O5/c1-17(2)25(15-27(32)33)30-26(31)14-18-11-12-19(13-18)29-28(34)35-16-24-22-9-5-3-7-20(22)21-8-4-6-10-23(21)24/h3-10,17-19,24-25H,11-16H2,1-2H3,(H,29,34)(H,30,31)(H,32,33)/t18-,19+,25-/m1/s1. The summed E-state index contributed by atoms with van der Waals surface area (Å²) in [7, 11) is 0. The van der Waals surface area contributed by atoms with E-state index in [4.69, 9.17) is 9.84 Å². The molecule has 1 saturated carbocycles. The Morgan fingerprint density at radius 1 is 1.00 bits per heavy atom. The van der Waals surface area contributed by atoms with Crippen molar-refractivity contribution < 1.29 is 24.2 Å². The summed E-state index contributed by atoms with van der Waals surface area (Å²) in [6, 6.07) is 16.1. The number of carbonyl (C=O) groups is 3. The second-order valence-corrected chi connectivity index (χ2v) is 10.1. The first-order valence-electron chi connectivity index (χ1n) is 12.4. The first-order valence-corrected chi connectivity index (χ1v) is 12.4. The summed E-state index contributed by atoms with van der Waals surface area (Å²) in [5.41, 5.74) is 4.74. The van der Waals surface area contributed by atoms with Crippen LogP contribution in [0.15, 0.2) is 48.5 Å². The third-order valence-corrected chi connectivity index (χ3v) is 7.23. The summed E-state index contributed by atoms with van der Waals surface area (Å²) in [6.45, 7) is 4.08. The van der Waals surface area contributed by atoms with Crippen LogP contribution in [-0.4, -0.2) is 41.8 Å². The first kappa shape index (κ1) is 24.8. The lowest BCUT2D eigenvalue weighted by molar-refractivity contribution is -0.138. The van der Waals surface area contributed by atoms with Gasteiger partial charge in [0.1, 0.15) is 6.61 Å². The molecule has 2 aliphatic carbocycles. The van der Waals surface area contributed by atoms with Crippen molar-refractivity contribution in [3.05, 3.63) is 59.7 Å². The number of carboxylic acids is 1. The molecule has 2 amide bonds. The number of aliphatic carboxylic acids is 1. The van der Waals surface area contributed by atoms with E-state index in [1.165, 1.54) is 22.3 Å². The van der Waals surface area contributed by atoms with Gasteiger partial charge in [0, 0.05) is 24.4 Å². The van der Waals surface area contributed by atoms with Crippen LogP contribution in [-0.2, 0) is 14.3 Å². The number of nitrogens with one attached hydrogen (secondary N) is 2. The van der Waals surface area contributed by atoms with Gasteiger partial charge in [-0.15, -0.1) is 0 Å². The van der Waals surface area contributed by atoms with Gasteiger partial charge in [-0.25, -0.2) is 4.79 Å². The topological polar surface area (TPSA) is 105 Å². The molecule has 0 saturated heterocycles. The largest absolute Gasteiger partial charge is 0.481 e. The van der Waals surface area contributed by atoms with Crippen LogP contribution in [0.2, 0.25) is 0 Å². The third-order valence-electron chi connectivity index (χ3n) is 7.23. The van der Waals surface area contributed by atoms with E-state index in [-0.39, 0.29) is 48.8 Å². The van der Waals surface area contributed by atoms with E-state index in [2.05, 4.69) is 34.9 Å². The zero-order valence-corrected chi connectivity index (χ0v) is 20.3. The highest BCUT2D eigenvalue weighted by Gasteiger charge is 2.31. The van der Waals surface area contributed by atoms with Gasteiger partial charge < -0.3 is 20.5 Å². The summed E-state index contributed by atoms with van der Waals surface area (Å²) in [6.07, 6.45) is 2.18. The molecule has 0 radical (unpaired) electrons. The number of hydrogen-bond donors (Lipinski definition) is 3. The Kier molecular flexibility index (Phi) is 7.73. The van der Waals surface area contributed by atoms with Gasteiger partial charge in [0.05, 0.1) is 6.42 Å². The Morgan fingerprint density at radius 3 is 2.23 bits per heavy atom. The van der Waals surface area contributed by atoms with E-state index in [0.717, 1.165) is 12.8 Å². The number of hydrogen-bond acceptors (Lipinski definition) is 4. The van der Waals surface area contributed by atoms with Crippen molar-refractivity contribution in [3.8, 4) is 11.1 Å². The monoisotopic (exact) mass is 478 g/mol. The molecule has 0 bridgehead atoms. The molecule has 7 heteroatoms. The van der Waals surface area contributed by atoms with Crippen LogP contribution < -0.4 is 10.6 Å². The average molecular weight is 479 g/mol. The molecule has 0 aromatic heterocycles. The number of rotatable bonds is 9. The summed E-state index contributed by atoms with van der Waals surface area (Å²) >= 11 is 0. The summed E-state index contributed by atoms with van der Waals surface area (Å²) < 4.78 is 5.65. The molecule has 0 spiro atoms. The molecular weight excluding hydrogens is 444 g/mol. The molecule has 2 aromatic rings. The van der Waals surface area contributed by atoms with Gasteiger partial charge in [0.2, 0.25) is 5.91 Å². The van der Waals surface area contributed by atoms with Gasteiger partial charge in [0.25, 0.3) is 0 Å². The fourth-order valence-electron chi connectivity index (χ4n) is 5.37. The highest BCUT2D eigenvalue weighted by molar-refractivity contribution is 5.79. The molecule has 2 aliphatic rings. The van der Waals surface area contributed by atoms with Crippen molar-refractivity contribution in [1.29, 1.82) is 0 Å². The summed E-state index contributed by atoms with van der Waals surface area (Å²) in [4.78, 5) is 36.1. The number of amides is 2. The lowest BCUT2D eigenvalue weighted by atomic mass is 9.98. The molecule has 0 heterocycles. The van der Waals surface area contributed by atoms with Crippen molar-refractivity contribution in [1.82, 2.24) is 10.6 Å². The van der Waals surface area contributed by atoms with Crippen LogP contribution in [0.25, 0.3) is 11.1 Å². The highest BCUT2D eigenvalue weighted by atomic mass is 16.5. The van der Waals surface area contributed by atoms with E-state index in [0.29, 0.717) is 12.8 Å². The molecule has 186 valence electrons. The van der Waals surface area contributed by atoms with Gasteiger partial charge in [0.15, 0.2) is 0 Å². The fraction of sp³-hybridized carbons (Fsp3) is 0.464. The quantitative estimate of drug-likeness (QED) is 0.485. The molecule has 0 unspecified atom stereocenters. The lowest BCUT2D eigenvalue weighted by Gasteiger charge is -2.21. The van der Waals surface area contributed by atoms with Crippen LogP contribution in [0, 0.1) is 11.8 Å². The van der Waals surface area contributed by atoms with Crippen molar-refractivity contribution >= 4 is 18.0 Å². The number of benzene rings is 2. The molecule has 3 atom stereocenters. The Labute approximate surface area is 206 Å². The fourth-order valence-corrected chi connectivity index (χ4v) is 5.37. The summed E-state index contributed by atoms with van der Waals surface area (Å²) in [5.74, 6) is -0.824. The van der Waals surface area contributed by atoms with E-state index < -0.39 is 12.1 Å². The normalized spacial score (nSPS) is 19.6. The van der Waals surface area contributed by atoms with Crippen molar-refractivity contribution in [2.24, 2.45) is 11.8 Å². The number of carboxylic acid groups (broad SMARTS) is 1. The molecular formula is C28H34N2O5. The second kappa shape index (κ2) is 10.9. The van der Waals surface area contributed by atoms with Crippen LogP contribution in [0.5, 0.6) is 0 Å². The van der Waals surface area contributed by atoms with E-state index in [9.17, 15) is 14.4 Å². The Hall–Kier alpha value is -3.35. The van der Waals surface area contributed by atoms with Gasteiger partial charge in [-0.3, -0.25) is 9.59 Å². The van der Waals surface area contributed by atoms with E-state index in [1.807, 2.05) is 38.1 Å². The second-order valence-electron chi connectivity index (χ2n) is 10.1. The minimum atomic E-state index is -0.919. The summed E-state index contributed by atoms with van der Waals surface area (Å²) in [5, 5.41) is 14.9. The molecule has 7 nitrogen and oxygen atoms in total. The van der Waals surface area contributed by atoms with Crippen molar-refractivity contribution in [2.45, 2.75) is 64.0 Å². The van der Waals surface area contributed by atoms with Crippen LogP contribution in [0.4, 0.5) is 4.79 Å². The molecule has 2 aromatic carbocycles. The zero-order valence-electron chi connectivity index (χ0n) is 20.3. The highest BCUT2D eigenvalue weighted by Crippen LogP contribution is 2.44. The minimum Gasteiger partial charge on any atom is -0.481 e. The number of ether oxygens (including phenoxy) is 1. The number of carbonyl (C=O) groups excluding carboxylic acids is 2. The minimum absolute atomic E-state index is 0.0212. The first-order chi connectivity index (χ1) is 16.8. The Bertz CT molecular complexity index is 1040. The van der Waals surface area contributed by atoms with Gasteiger partial charge in [-0.05, 0) is 53.4 Å². The van der Waals surface area contributed by atoms with Crippen LogP contribution in [0.1, 0.15) is 63.0 Å². The Morgan fingerprint density at radius 2 is 1.63 bits per heavy atom. The number of alkyl carbamates (subject to hydrolysis) is 1. The van der Waals surface area contributed by atoms with E-state index in [1.54, 1.807) is 0 Å². The zero-order chi connectivity index (χ0) is 24.9. The SMILES string of the molecule is CC(C)[C@@H](CC(=O)O)NC(=O)C[C@@H]1CC[C@H](NC(=O)OCC2c3ccccc3-c3ccccc32)C1. The Balaban J connectivity index is 1.24. The van der Waals surface area contributed by atoms with Gasteiger partial charge in [-0.1, -0.05) is 62.4 Å². The maximum atomic E-state index is 12.6. The lowest BCUT2D eigenvalue weighted by Crippen LogP contribution is -2.40. The maximum absolute atomic E-state index is 12.6. The van der Waals surface area contributed by atoms with Crippen molar-refractivity contribution in [2.75, 3.05) is 6.61 Å². The molecule has 3 N–H and O–H groups in total. The molecule has 35 heavy (non-hydrogen) atoms. The average Bonchev–Trinajstić information content (AvgIpc) is 3.38. The predicted octanol–water partition coefficient (Wildman–Crippen LogP) is 4.70.